The summed E-state index contributed by atoms with van der Waals surface area (Å²) in [6.45, 7) is 0. The van der Waals surface area contributed by atoms with Crippen LogP contribution in [0, 0.1) is 0 Å². The molecule has 2 N–H and O–H groups in total. The Morgan fingerprint density at radius 2 is 1.33 bits per heavy atom. The predicted molar refractivity (Wildman–Crippen MR) is 121 cm³/mol. The molecule has 0 atom stereocenters. The van der Waals surface area contributed by atoms with E-state index in [1.807, 2.05) is 66.7 Å². The fraction of sp³-hybridized carbons (Fsp3) is 0. The topological polar surface area (TPSA) is 62.2 Å². The molecule has 1 amide bonds. The number of carbonyl (C=O) groups excluding carboxylic acids is 1. The lowest BCUT2D eigenvalue weighted by molar-refractivity contribution is 0.102. The number of aromatic hydroxyl groups is 1. The van der Waals surface area contributed by atoms with Gasteiger partial charge in [0.05, 0.1) is 0 Å². The van der Waals surface area contributed by atoms with E-state index in [9.17, 15) is 9.90 Å². The number of phenols is 1. The first-order chi connectivity index (χ1) is 14.7. The van der Waals surface area contributed by atoms with E-state index in [-0.39, 0.29) is 11.7 Å². The molecule has 1 aromatic heterocycles. The van der Waals surface area contributed by atoms with Crippen LogP contribution in [0.4, 0.5) is 5.69 Å². The maximum Gasteiger partial charge on any atom is 0.274 e. The largest absolute Gasteiger partial charge is 0.507 e. The fourth-order valence-corrected chi connectivity index (χ4v) is 3.85. The van der Waals surface area contributed by atoms with Crippen molar-refractivity contribution in [1.82, 2.24) is 4.98 Å². The van der Waals surface area contributed by atoms with Crippen LogP contribution in [0.5, 0.6) is 5.75 Å². The Bertz CT molecular complexity index is 1390. The first kappa shape index (κ1) is 17.9. The molecule has 0 radical (unpaired) electrons. The molecule has 0 fully saturated rings. The molecule has 0 bridgehead atoms. The van der Waals surface area contributed by atoms with Crippen LogP contribution in [-0.4, -0.2) is 16.0 Å². The van der Waals surface area contributed by atoms with E-state index in [2.05, 4.69) is 10.3 Å². The molecule has 0 aliphatic heterocycles. The van der Waals surface area contributed by atoms with Gasteiger partial charge in [-0.15, -0.1) is 0 Å². The van der Waals surface area contributed by atoms with E-state index in [0.717, 1.165) is 27.1 Å². The highest BCUT2D eigenvalue weighted by Gasteiger charge is 2.18. The van der Waals surface area contributed by atoms with E-state index in [4.69, 9.17) is 0 Å². The zero-order valence-corrected chi connectivity index (χ0v) is 16.0. The number of rotatable bonds is 3. The van der Waals surface area contributed by atoms with Gasteiger partial charge in [-0.1, -0.05) is 66.7 Å². The van der Waals surface area contributed by atoms with E-state index in [0.29, 0.717) is 16.9 Å². The summed E-state index contributed by atoms with van der Waals surface area (Å²) in [6.07, 6.45) is 1.59. The number of fused-ring (bicyclic) bond motifs is 2. The van der Waals surface area contributed by atoms with Crippen molar-refractivity contribution >= 4 is 33.1 Å². The van der Waals surface area contributed by atoms with Crippen LogP contribution >= 0.6 is 0 Å². The minimum Gasteiger partial charge on any atom is -0.507 e. The third-order valence-electron chi connectivity index (χ3n) is 5.23. The standard InChI is InChI=1S/C26H18N2O2/c29-23-15-13-18-8-2-4-10-20(18)25(23)24-19-9-3-1-7-17(19)12-14-21(24)28-26(30)22-11-5-6-16-27-22/h1-16,29H,(H,28,30). The van der Waals surface area contributed by atoms with Gasteiger partial charge < -0.3 is 10.4 Å². The number of nitrogens with zero attached hydrogens (tertiary/aromatic N) is 1. The van der Waals surface area contributed by atoms with Crippen LogP contribution in [0.15, 0.2) is 97.2 Å². The molecule has 0 spiro atoms. The fourth-order valence-electron chi connectivity index (χ4n) is 3.85. The summed E-state index contributed by atoms with van der Waals surface area (Å²) < 4.78 is 0. The molecule has 5 aromatic rings. The van der Waals surface area contributed by atoms with Crippen molar-refractivity contribution in [1.29, 1.82) is 0 Å². The van der Waals surface area contributed by atoms with Gasteiger partial charge in [-0.05, 0) is 45.8 Å². The number of benzene rings is 4. The molecule has 0 saturated heterocycles. The monoisotopic (exact) mass is 390 g/mol. The highest BCUT2D eigenvalue weighted by molar-refractivity contribution is 6.15. The average Bonchev–Trinajstić information content (AvgIpc) is 2.80. The lowest BCUT2D eigenvalue weighted by Crippen LogP contribution is -2.14. The third kappa shape index (κ3) is 3.05. The van der Waals surface area contributed by atoms with Gasteiger partial charge in [0.15, 0.2) is 0 Å². The summed E-state index contributed by atoms with van der Waals surface area (Å²) in [5.74, 6) is -0.134. The van der Waals surface area contributed by atoms with Crippen molar-refractivity contribution in [2.24, 2.45) is 0 Å². The number of phenolic OH excluding ortho intramolecular Hbond substituents is 1. The van der Waals surface area contributed by atoms with Crippen LogP contribution in [0.3, 0.4) is 0 Å². The van der Waals surface area contributed by atoms with Crippen molar-refractivity contribution < 1.29 is 9.90 Å². The molecule has 0 unspecified atom stereocenters. The number of anilines is 1. The Kier molecular flexibility index (Phi) is 4.37. The Morgan fingerprint density at radius 1 is 0.700 bits per heavy atom. The summed E-state index contributed by atoms with van der Waals surface area (Å²) in [7, 11) is 0. The highest BCUT2D eigenvalue weighted by atomic mass is 16.3. The Labute approximate surface area is 173 Å². The summed E-state index contributed by atoms with van der Waals surface area (Å²) in [5.41, 5.74) is 2.43. The molecule has 0 aliphatic rings. The van der Waals surface area contributed by atoms with Crippen LogP contribution in [0.25, 0.3) is 32.7 Å². The normalized spacial score (nSPS) is 10.9. The summed E-state index contributed by atoms with van der Waals surface area (Å²) in [4.78, 5) is 17.0. The van der Waals surface area contributed by atoms with Crippen molar-refractivity contribution in [3.05, 3.63) is 103 Å². The highest BCUT2D eigenvalue weighted by Crippen LogP contribution is 2.44. The molecule has 30 heavy (non-hydrogen) atoms. The summed E-state index contributed by atoms with van der Waals surface area (Å²) in [5, 5.41) is 17.8. The van der Waals surface area contributed by atoms with Crippen molar-refractivity contribution in [3.63, 3.8) is 0 Å². The predicted octanol–water partition coefficient (Wildman–Crippen LogP) is 6.01. The maximum absolute atomic E-state index is 12.8. The number of hydrogen-bond donors (Lipinski definition) is 2. The summed E-state index contributed by atoms with van der Waals surface area (Å²) in [6, 6.07) is 28.5. The first-order valence-corrected chi connectivity index (χ1v) is 9.67. The van der Waals surface area contributed by atoms with Crippen LogP contribution < -0.4 is 5.32 Å². The Balaban J connectivity index is 1.78. The average molecular weight is 390 g/mol. The molecule has 5 rings (SSSR count). The van der Waals surface area contributed by atoms with Crippen molar-refractivity contribution in [2.75, 3.05) is 5.32 Å². The molecular weight excluding hydrogens is 372 g/mol. The van der Waals surface area contributed by atoms with Crippen molar-refractivity contribution in [2.45, 2.75) is 0 Å². The van der Waals surface area contributed by atoms with Gasteiger partial charge in [0.25, 0.3) is 5.91 Å². The smallest absolute Gasteiger partial charge is 0.274 e. The Morgan fingerprint density at radius 3 is 2.03 bits per heavy atom. The molecule has 0 aliphatic carbocycles. The van der Waals surface area contributed by atoms with Gasteiger partial charge in [0.2, 0.25) is 0 Å². The molecule has 4 nitrogen and oxygen atoms in total. The second-order valence-corrected chi connectivity index (χ2v) is 7.06. The number of carbonyl (C=O) groups is 1. The van der Waals surface area contributed by atoms with Crippen LogP contribution in [-0.2, 0) is 0 Å². The van der Waals surface area contributed by atoms with Crippen molar-refractivity contribution in [3.8, 4) is 16.9 Å². The number of nitrogens with one attached hydrogen (secondary N) is 1. The Hall–Kier alpha value is -4.18. The molecule has 0 saturated carbocycles. The molecule has 144 valence electrons. The van der Waals surface area contributed by atoms with Gasteiger partial charge in [-0.3, -0.25) is 9.78 Å². The number of aromatic nitrogens is 1. The van der Waals surface area contributed by atoms with Gasteiger partial charge >= 0.3 is 0 Å². The SMILES string of the molecule is O=C(Nc1ccc2ccccc2c1-c1c(O)ccc2ccccc12)c1ccccn1. The molecule has 4 heteroatoms. The van der Waals surface area contributed by atoms with Gasteiger partial charge in [-0.2, -0.15) is 0 Å². The molecule has 4 aromatic carbocycles. The zero-order chi connectivity index (χ0) is 20.5. The first-order valence-electron chi connectivity index (χ1n) is 9.67. The van der Waals surface area contributed by atoms with Gasteiger partial charge in [0.1, 0.15) is 11.4 Å². The van der Waals surface area contributed by atoms with E-state index in [1.54, 1.807) is 30.5 Å². The second kappa shape index (κ2) is 7.33. The van der Waals surface area contributed by atoms with E-state index < -0.39 is 0 Å². The molecular formula is C26H18N2O2. The van der Waals surface area contributed by atoms with Crippen LogP contribution in [0.1, 0.15) is 10.5 Å². The lowest BCUT2D eigenvalue weighted by atomic mass is 9.91. The zero-order valence-electron chi connectivity index (χ0n) is 16.0. The van der Waals surface area contributed by atoms with Gasteiger partial charge in [0, 0.05) is 23.0 Å². The maximum atomic E-state index is 12.8. The number of hydrogen-bond acceptors (Lipinski definition) is 3. The minimum absolute atomic E-state index is 0.165. The number of pyridine rings is 1. The quantitative estimate of drug-likeness (QED) is 0.396. The van der Waals surface area contributed by atoms with Gasteiger partial charge in [-0.25, -0.2) is 0 Å². The van der Waals surface area contributed by atoms with E-state index in [1.165, 1.54) is 0 Å². The minimum atomic E-state index is -0.299. The number of amides is 1. The van der Waals surface area contributed by atoms with Crippen LogP contribution in [0.2, 0.25) is 0 Å². The molecule has 1 heterocycles. The second-order valence-electron chi connectivity index (χ2n) is 7.06. The van der Waals surface area contributed by atoms with E-state index >= 15 is 0 Å². The third-order valence-corrected chi connectivity index (χ3v) is 5.23. The lowest BCUT2D eigenvalue weighted by Gasteiger charge is -2.17. The summed E-state index contributed by atoms with van der Waals surface area (Å²) >= 11 is 0.